The first kappa shape index (κ1) is 17.2. The molecule has 1 aromatic carbocycles. The number of carboxylic acids is 1. The molecule has 0 aliphatic carbocycles. The van der Waals surface area contributed by atoms with Gasteiger partial charge in [-0.3, -0.25) is 4.90 Å². The second kappa shape index (κ2) is 9.15. The average molecular weight is 293 g/mol. The van der Waals surface area contributed by atoms with Gasteiger partial charge in [0.15, 0.2) is 0 Å². The van der Waals surface area contributed by atoms with Crippen LogP contribution in [-0.4, -0.2) is 49.9 Å². The van der Waals surface area contributed by atoms with E-state index in [0.717, 1.165) is 42.6 Å². The minimum absolute atomic E-state index is 0.665. The van der Waals surface area contributed by atoms with Gasteiger partial charge in [-0.15, -0.1) is 0 Å². The van der Waals surface area contributed by atoms with Gasteiger partial charge in [0.2, 0.25) is 0 Å². The molecule has 0 aliphatic rings. The molecule has 116 valence electrons. The van der Waals surface area contributed by atoms with Crippen LogP contribution in [0.1, 0.15) is 18.1 Å². The van der Waals surface area contributed by atoms with E-state index >= 15 is 0 Å². The van der Waals surface area contributed by atoms with E-state index in [1.54, 1.807) is 20.3 Å². The number of hydrogen-bond donors (Lipinski definition) is 1. The van der Waals surface area contributed by atoms with Crippen LogP contribution in [0.15, 0.2) is 24.3 Å². The summed E-state index contributed by atoms with van der Waals surface area (Å²) in [5.41, 5.74) is 1.92. The van der Waals surface area contributed by atoms with Crippen molar-refractivity contribution >= 4 is 12.0 Å². The number of carbonyl (C=O) groups is 1. The minimum Gasteiger partial charge on any atom is -0.497 e. The number of likely N-dealkylation sites (N-methyl/N-ethyl adjacent to an activating group) is 1. The SMILES string of the molecule is CCN(CCOC)Cc1cc(OC)ccc1C=CC(=O)O. The molecule has 1 aromatic rings. The zero-order valence-corrected chi connectivity index (χ0v) is 12.8. The Morgan fingerprint density at radius 2 is 2.14 bits per heavy atom. The number of hydrogen-bond acceptors (Lipinski definition) is 4. The van der Waals surface area contributed by atoms with E-state index in [2.05, 4.69) is 11.8 Å². The van der Waals surface area contributed by atoms with Crippen molar-refractivity contribution < 1.29 is 19.4 Å². The number of benzene rings is 1. The highest BCUT2D eigenvalue weighted by molar-refractivity contribution is 5.85. The maximum absolute atomic E-state index is 10.7. The Labute approximate surface area is 125 Å². The predicted octanol–water partition coefficient (Wildman–Crippen LogP) is 2.26. The lowest BCUT2D eigenvalue weighted by atomic mass is 10.1. The Bertz CT molecular complexity index is 485. The molecule has 5 heteroatoms. The molecule has 1 N–H and O–H groups in total. The smallest absolute Gasteiger partial charge is 0.328 e. The van der Waals surface area contributed by atoms with E-state index < -0.39 is 5.97 Å². The number of carboxylic acid groups (broad SMARTS) is 1. The van der Waals surface area contributed by atoms with Crippen molar-refractivity contribution in [3.63, 3.8) is 0 Å². The Balaban J connectivity index is 2.96. The summed E-state index contributed by atoms with van der Waals surface area (Å²) in [6, 6.07) is 5.64. The van der Waals surface area contributed by atoms with E-state index in [1.165, 1.54) is 0 Å². The number of rotatable bonds is 9. The standard InChI is InChI=1S/C16H23NO4/c1-4-17(9-10-20-2)12-14-11-15(21-3)7-5-13(14)6-8-16(18)19/h5-8,11H,4,9-10,12H2,1-3H3,(H,18,19). The van der Waals surface area contributed by atoms with Gasteiger partial charge >= 0.3 is 5.97 Å². The summed E-state index contributed by atoms with van der Waals surface area (Å²) in [5.74, 6) is -0.191. The highest BCUT2D eigenvalue weighted by Gasteiger charge is 2.08. The highest BCUT2D eigenvalue weighted by atomic mass is 16.5. The zero-order valence-electron chi connectivity index (χ0n) is 12.8. The second-order valence-electron chi connectivity index (χ2n) is 4.60. The summed E-state index contributed by atoms with van der Waals surface area (Å²) in [6.07, 6.45) is 2.76. The average Bonchev–Trinajstić information content (AvgIpc) is 2.49. The molecule has 0 fully saturated rings. The first-order chi connectivity index (χ1) is 10.1. The fourth-order valence-corrected chi connectivity index (χ4v) is 1.98. The molecule has 0 atom stereocenters. The maximum atomic E-state index is 10.7. The first-order valence-corrected chi connectivity index (χ1v) is 6.90. The first-order valence-electron chi connectivity index (χ1n) is 6.90. The summed E-state index contributed by atoms with van der Waals surface area (Å²) < 4.78 is 10.4. The molecule has 0 amide bonds. The van der Waals surface area contributed by atoms with Crippen molar-refractivity contribution in [3.8, 4) is 5.75 Å². The molecule has 5 nitrogen and oxygen atoms in total. The fraction of sp³-hybridized carbons (Fsp3) is 0.438. The summed E-state index contributed by atoms with van der Waals surface area (Å²) in [4.78, 5) is 12.9. The third-order valence-corrected chi connectivity index (χ3v) is 3.21. The monoisotopic (exact) mass is 293 g/mol. The summed E-state index contributed by atoms with van der Waals surface area (Å²) in [6.45, 7) is 5.19. The quantitative estimate of drug-likeness (QED) is 0.708. The van der Waals surface area contributed by atoms with Gasteiger partial charge in [0.1, 0.15) is 5.75 Å². The van der Waals surface area contributed by atoms with Gasteiger partial charge in [-0.05, 0) is 35.9 Å². The van der Waals surface area contributed by atoms with Crippen molar-refractivity contribution in [1.29, 1.82) is 0 Å². The topological polar surface area (TPSA) is 59.0 Å². The molecular formula is C16H23NO4. The molecule has 0 spiro atoms. The van der Waals surface area contributed by atoms with E-state index in [0.29, 0.717) is 6.61 Å². The van der Waals surface area contributed by atoms with Gasteiger partial charge in [0.25, 0.3) is 0 Å². The molecule has 0 saturated carbocycles. The van der Waals surface area contributed by atoms with Crippen LogP contribution < -0.4 is 4.74 Å². The number of aliphatic carboxylic acids is 1. The van der Waals surface area contributed by atoms with Crippen LogP contribution in [0.25, 0.3) is 6.08 Å². The van der Waals surface area contributed by atoms with E-state index in [4.69, 9.17) is 14.6 Å². The molecule has 0 heterocycles. The normalized spacial score (nSPS) is 11.2. The van der Waals surface area contributed by atoms with Crippen molar-refractivity contribution in [2.75, 3.05) is 33.9 Å². The summed E-state index contributed by atoms with van der Waals surface area (Å²) >= 11 is 0. The molecule has 0 aliphatic heterocycles. The van der Waals surface area contributed by atoms with Gasteiger partial charge in [0, 0.05) is 26.3 Å². The molecule has 1 rings (SSSR count). The van der Waals surface area contributed by atoms with Crippen LogP contribution in [0.5, 0.6) is 5.75 Å². The van der Waals surface area contributed by atoms with Crippen molar-refractivity contribution in [2.45, 2.75) is 13.5 Å². The van der Waals surface area contributed by atoms with E-state index in [-0.39, 0.29) is 0 Å². The number of methoxy groups -OCH3 is 2. The van der Waals surface area contributed by atoms with Crippen molar-refractivity contribution in [3.05, 3.63) is 35.4 Å². The Morgan fingerprint density at radius 1 is 1.38 bits per heavy atom. The third-order valence-electron chi connectivity index (χ3n) is 3.21. The molecule has 0 bridgehead atoms. The van der Waals surface area contributed by atoms with Crippen LogP contribution in [0.2, 0.25) is 0 Å². The summed E-state index contributed by atoms with van der Waals surface area (Å²) in [7, 11) is 3.30. The lowest BCUT2D eigenvalue weighted by Crippen LogP contribution is -2.27. The second-order valence-corrected chi connectivity index (χ2v) is 4.60. The van der Waals surface area contributed by atoms with Crippen LogP contribution in [0, 0.1) is 0 Å². The van der Waals surface area contributed by atoms with Crippen LogP contribution in [0.4, 0.5) is 0 Å². The third kappa shape index (κ3) is 5.97. The van der Waals surface area contributed by atoms with Crippen LogP contribution >= 0.6 is 0 Å². The Morgan fingerprint density at radius 3 is 2.71 bits per heavy atom. The van der Waals surface area contributed by atoms with E-state index in [9.17, 15) is 4.79 Å². The lowest BCUT2D eigenvalue weighted by Gasteiger charge is -2.21. The van der Waals surface area contributed by atoms with Crippen LogP contribution in [0.3, 0.4) is 0 Å². The minimum atomic E-state index is -0.955. The number of ether oxygens (including phenoxy) is 2. The zero-order chi connectivity index (χ0) is 15.7. The van der Waals surface area contributed by atoms with Gasteiger partial charge < -0.3 is 14.6 Å². The highest BCUT2D eigenvalue weighted by Crippen LogP contribution is 2.20. The van der Waals surface area contributed by atoms with Gasteiger partial charge in [0.05, 0.1) is 13.7 Å². The van der Waals surface area contributed by atoms with Gasteiger partial charge in [-0.1, -0.05) is 13.0 Å². The van der Waals surface area contributed by atoms with Crippen molar-refractivity contribution in [2.24, 2.45) is 0 Å². The van der Waals surface area contributed by atoms with Crippen LogP contribution in [-0.2, 0) is 16.1 Å². The summed E-state index contributed by atoms with van der Waals surface area (Å²) in [5, 5.41) is 8.77. The molecule has 0 radical (unpaired) electrons. The number of nitrogens with zero attached hydrogens (tertiary/aromatic N) is 1. The largest absolute Gasteiger partial charge is 0.497 e. The van der Waals surface area contributed by atoms with E-state index in [1.807, 2.05) is 18.2 Å². The Kier molecular flexibility index (Phi) is 7.50. The molecule has 0 aromatic heterocycles. The Hall–Kier alpha value is -1.85. The lowest BCUT2D eigenvalue weighted by molar-refractivity contribution is -0.131. The van der Waals surface area contributed by atoms with Gasteiger partial charge in [-0.2, -0.15) is 0 Å². The fourth-order valence-electron chi connectivity index (χ4n) is 1.98. The van der Waals surface area contributed by atoms with Crippen molar-refractivity contribution in [1.82, 2.24) is 4.90 Å². The molecule has 21 heavy (non-hydrogen) atoms. The molecule has 0 saturated heterocycles. The molecule has 0 unspecified atom stereocenters. The molecular weight excluding hydrogens is 270 g/mol. The predicted molar refractivity (Wildman–Crippen MR) is 82.5 cm³/mol. The maximum Gasteiger partial charge on any atom is 0.328 e. The van der Waals surface area contributed by atoms with Gasteiger partial charge in [-0.25, -0.2) is 4.79 Å².